The van der Waals surface area contributed by atoms with Crippen molar-refractivity contribution in [2.24, 2.45) is 11.7 Å². The van der Waals surface area contributed by atoms with Gasteiger partial charge in [-0.1, -0.05) is 47.5 Å². The lowest BCUT2D eigenvalue weighted by Gasteiger charge is -2.47. The predicted molar refractivity (Wildman–Crippen MR) is 118 cm³/mol. The third-order valence-corrected chi connectivity index (χ3v) is 6.20. The van der Waals surface area contributed by atoms with Crippen LogP contribution in [-0.2, 0) is 4.79 Å². The van der Waals surface area contributed by atoms with Crippen molar-refractivity contribution in [2.45, 2.75) is 12.0 Å². The first kappa shape index (κ1) is 21.8. The van der Waals surface area contributed by atoms with Crippen molar-refractivity contribution in [1.29, 1.82) is 0 Å². The molecule has 1 amide bonds. The van der Waals surface area contributed by atoms with Gasteiger partial charge in [-0.15, -0.1) is 0 Å². The van der Waals surface area contributed by atoms with Crippen LogP contribution in [0.15, 0.2) is 66.7 Å². The van der Waals surface area contributed by atoms with E-state index in [2.05, 4.69) is 4.90 Å². The number of carbonyl (C=O) groups is 1. The average Bonchev–Trinajstić information content (AvgIpc) is 2.67. The van der Waals surface area contributed by atoms with Gasteiger partial charge >= 0.3 is 0 Å². The molecule has 1 aliphatic rings. The van der Waals surface area contributed by atoms with E-state index in [-0.39, 0.29) is 17.5 Å². The van der Waals surface area contributed by atoms with E-state index in [1.807, 2.05) is 48.5 Å². The summed E-state index contributed by atoms with van der Waals surface area (Å²) < 4.78 is 27.5. The minimum absolute atomic E-state index is 0.0800. The van der Waals surface area contributed by atoms with Crippen molar-refractivity contribution >= 4 is 29.1 Å². The molecule has 3 aromatic carbocycles. The van der Waals surface area contributed by atoms with Gasteiger partial charge in [0.15, 0.2) is 0 Å². The molecule has 1 heterocycles. The van der Waals surface area contributed by atoms with Crippen molar-refractivity contribution in [3.05, 3.63) is 105 Å². The highest BCUT2D eigenvalue weighted by atomic mass is 35.5. The van der Waals surface area contributed by atoms with Crippen LogP contribution in [0.3, 0.4) is 0 Å². The van der Waals surface area contributed by atoms with Crippen LogP contribution in [0.2, 0.25) is 10.0 Å². The molecule has 0 radical (unpaired) electrons. The van der Waals surface area contributed by atoms with Crippen LogP contribution in [0.25, 0.3) is 0 Å². The Bertz CT molecular complexity index is 1020. The van der Waals surface area contributed by atoms with Crippen LogP contribution in [0.5, 0.6) is 0 Å². The van der Waals surface area contributed by atoms with Crippen molar-refractivity contribution in [2.75, 3.05) is 13.1 Å². The second-order valence-electron chi connectivity index (χ2n) is 7.80. The standard InChI is InChI=1S/C24H20Cl2F2N2O/c25-18-5-1-14(2-6-18)23(15-3-7-19(26)8-4-15)30-12-17(13-30)22(24(29)31)16-9-20(27)11-21(28)10-16/h1-11,17,22-23H,12-13H2,(H2,29,31). The van der Waals surface area contributed by atoms with Crippen LogP contribution >= 0.6 is 23.2 Å². The second-order valence-corrected chi connectivity index (χ2v) is 8.68. The van der Waals surface area contributed by atoms with Gasteiger partial charge in [0.25, 0.3) is 0 Å². The highest BCUT2D eigenvalue weighted by Crippen LogP contribution is 2.40. The van der Waals surface area contributed by atoms with Crippen molar-refractivity contribution in [3.8, 4) is 0 Å². The Hall–Kier alpha value is -2.47. The van der Waals surface area contributed by atoms with E-state index >= 15 is 0 Å². The summed E-state index contributed by atoms with van der Waals surface area (Å²) in [6, 6.07) is 18.2. The number of carbonyl (C=O) groups excluding carboxylic acids is 1. The van der Waals surface area contributed by atoms with Gasteiger partial charge in [0.2, 0.25) is 5.91 Å². The maximum atomic E-state index is 13.7. The molecule has 2 N–H and O–H groups in total. The van der Waals surface area contributed by atoms with Crippen molar-refractivity contribution in [1.82, 2.24) is 4.90 Å². The van der Waals surface area contributed by atoms with Gasteiger partial charge in [0.1, 0.15) is 11.6 Å². The van der Waals surface area contributed by atoms with E-state index in [0.717, 1.165) is 17.2 Å². The molecule has 0 spiro atoms. The van der Waals surface area contributed by atoms with E-state index in [1.54, 1.807) is 0 Å². The van der Waals surface area contributed by atoms with Crippen LogP contribution < -0.4 is 5.73 Å². The molecule has 31 heavy (non-hydrogen) atoms. The Balaban J connectivity index is 1.61. The number of benzene rings is 3. The number of hydrogen-bond acceptors (Lipinski definition) is 2. The summed E-state index contributed by atoms with van der Waals surface area (Å²) in [6.45, 7) is 1.09. The fraction of sp³-hybridized carbons (Fsp3) is 0.208. The quantitative estimate of drug-likeness (QED) is 0.523. The van der Waals surface area contributed by atoms with Crippen LogP contribution in [0.1, 0.15) is 28.7 Å². The molecule has 0 bridgehead atoms. The Kier molecular flexibility index (Phi) is 6.28. The summed E-state index contributed by atoms with van der Waals surface area (Å²) >= 11 is 12.1. The first-order chi connectivity index (χ1) is 14.8. The molecule has 1 fully saturated rings. The topological polar surface area (TPSA) is 46.3 Å². The van der Waals surface area contributed by atoms with Gasteiger partial charge in [0, 0.05) is 35.1 Å². The largest absolute Gasteiger partial charge is 0.369 e. The zero-order valence-electron chi connectivity index (χ0n) is 16.4. The molecular weight excluding hydrogens is 441 g/mol. The monoisotopic (exact) mass is 460 g/mol. The molecule has 1 atom stereocenters. The number of halogens is 4. The van der Waals surface area contributed by atoms with Gasteiger partial charge < -0.3 is 5.73 Å². The summed E-state index contributed by atoms with van der Waals surface area (Å²) in [5.74, 6) is -2.96. The first-order valence-electron chi connectivity index (χ1n) is 9.82. The van der Waals surface area contributed by atoms with Crippen LogP contribution in [-0.4, -0.2) is 23.9 Å². The van der Waals surface area contributed by atoms with Crippen molar-refractivity contribution in [3.63, 3.8) is 0 Å². The number of nitrogens with zero attached hydrogens (tertiary/aromatic N) is 1. The molecule has 7 heteroatoms. The Labute approximate surface area is 189 Å². The maximum Gasteiger partial charge on any atom is 0.225 e. The Morgan fingerprint density at radius 1 is 0.839 bits per heavy atom. The van der Waals surface area contributed by atoms with Gasteiger partial charge in [-0.25, -0.2) is 8.78 Å². The molecule has 3 nitrogen and oxygen atoms in total. The summed E-state index contributed by atoms with van der Waals surface area (Å²) in [5, 5.41) is 1.28. The van der Waals surface area contributed by atoms with Crippen LogP contribution in [0, 0.1) is 17.6 Å². The fourth-order valence-electron chi connectivity index (χ4n) is 4.30. The first-order valence-corrected chi connectivity index (χ1v) is 10.6. The molecule has 1 unspecified atom stereocenters. The summed E-state index contributed by atoms with van der Waals surface area (Å²) in [4.78, 5) is 14.4. The smallest absolute Gasteiger partial charge is 0.225 e. The van der Waals surface area contributed by atoms with Crippen molar-refractivity contribution < 1.29 is 13.6 Å². The van der Waals surface area contributed by atoms with E-state index < -0.39 is 23.5 Å². The van der Waals surface area contributed by atoms with Gasteiger partial charge in [-0.2, -0.15) is 0 Å². The zero-order chi connectivity index (χ0) is 22.1. The zero-order valence-corrected chi connectivity index (χ0v) is 18.0. The van der Waals surface area contributed by atoms with Gasteiger partial charge in [-0.05, 0) is 53.1 Å². The van der Waals surface area contributed by atoms with Crippen LogP contribution in [0.4, 0.5) is 8.78 Å². The number of amides is 1. The highest BCUT2D eigenvalue weighted by molar-refractivity contribution is 6.30. The molecular formula is C24H20Cl2F2N2O. The van der Waals surface area contributed by atoms with E-state index in [4.69, 9.17) is 28.9 Å². The van der Waals surface area contributed by atoms with E-state index in [1.165, 1.54) is 12.1 Å². The molecule has 3 aromatic rings. The SMILES string of the molecule is NC(=O)C(c1cc(F)cc(F)c1)C1CN(C(c2ccc(Cl)cc2)c2ccc(Cl)cc2)C1. The second kappa shape index (κ2) is 8.95. The molecule has 0 aliphatic carbocycles. The fourth-order valence-corrected chi connectivity index (χ4v) is 4.55. The number of nitrogens with two attached hydrogens (primary N) is 1. The molecule has 1 aliphatic heterocycles. The van der Waals surface area contributed by atoms with E-state index in [0.29, 0.717) is 23.1 Å². The lowest BCUT2D eigenvalue weighted by Crippen LogP contribution is -2.53. The molecule has 0 saturated carbocycles. The third-order valence-electron chi connectivity index (χ3n) is 5.70. The lowest BCUT2D eigenvalue weighted by atomic mass is 9.78. The van der Waals surface area contributed by atoms with Gasteiger partial charge in [0.05, 0.1) is 12.0 Å². The summed E-state index contributed by atoms with van der Waals surface area (Å²) in [7, 11) is 0. The number of hydrogen-bond donors (Lipinski definition) is 1. The Morgan fingerprint density at radius 2 is 1.29 bits per heavy atom. The lowest BCUT2D eigenvalue weighted by molar-refractivity contribution is -0.122. The highest BCUT2D eigenvalue weighted by Gasteiger charge is 2.41. The average molecular weight is 461 g/mol. The normalized spacial score (nSPS) is 15.6. The molecule has 0 aromatic heterocycles. The number of rotatable bonds is 6. The van der Waals surface area contributed by atoms with Gasteiger partial charge in [-0.3, -0.25) is 9.69 Å². The minimum atomic E-state index is -0.766. The number of likely N-dealkylation sites (tertiary alicyclic amines) is 1. The molecule has 160 valence electrons. The summed E-state index contributed by atoms with van der Waals surface area (Å²) in [6.07, 6.45) is 0. The predicted octanol–water partition coefficient (Wildman–Crippen LogP) is 5.56. The maximum absolute atomic E-state index is 13.7. The third kappa shape index (κ3) is 4.74. The Morgan fingerprint density at radius 3 is 1.71 bits per heavy atom. The van der Waals surface area contributed by atoms with E-state index in [9.17, 15) is 13.6 Å². The molecule has 1 saturated heterocycles. The summed E-state index contributed by atoms with van der Waals surface area (Å²) in [5.41, 5.74) is 7.97. The molecule has 4 rings (SSSR count). The number of primary amides is 1. The minimum Gasteiger partial charge on any atom is -0.369 e.